The van der Waals surface area contributed by atoms with Crippen LogP contribution in [0.3, 0.4) is 0 Å². The van der Waals surface area contributed by atoms with E-state index in [0.29, 0.717) is 6.54 Å². The monoisotopic (exact) mass is 237 g/mol. The molecule has 0 radical (unpaired) electrons. The van der Waals surface area contributed by atoms with Crippen molar-refractivity contribution in [2.24, 2.45) is 13.0 Å². The lowest BCUT2D eigenvalue weighted by Gasteiger charge is -2.30. The fourth-order valence-electron chi connectivity index (χ4n) is 2.38. The number of nitrogens with zero attached hydrogens (tertiary/aromatic N) is 3. The molecular formula is C12H19N3O2. The van der Waals surface area contributed by atoms with Gasteiger partial charge in [0, 0.05) is 38.4 Å². The number of carboxylic acid groups (broad SMARTS) is 1. The molecule has 5 heteroatoms. The molecule has 94 valence electrons. The van der Waals surface area contributed by atoms with E-state index in [1.807, 2.05) is 17.8 Å². The van der Waals surface area contributed by atoms with Gasteiger partial charge in [-0.05, 0) is 25.5 Å². The van der Waals surface area contributed by atoms with Gasteiger partial charge >= 0.3 is 5.97 Å². The van der Waals surface area contributed by atoms with Crippen molar-refractivity contribution in [3.8, 4) is 0 Å². The molecule has 0 amide bonds. The number of hydrogen-bond donors (Lipinski definition) is 1. The van der Waals surface area contributed by atoms with Crippen molar-refractivity contribution < 1.29 is 9.90 Å². The number of piperidine rings is 1. The van der Waals surface area contributed by atoms with Gasteiger partial charge in [-0.2, -0.15) is 5.10 Å². The van der Waals surface area contributed by atoms with E-state index >= 15 is 0 Å². The van der Waals surface area contributed by atoms with Crippen LogP contribution >= 0.6 is 0 Å². The summed E-state index contributed by atoms with van der Waals surface area (Å²) in [6.45, 7) is 2.62. The highest BCUT2D eigenvalue weighted by Gasteiger charge is 2.24. The summed E-state index contributed by atoms with van der Waals surface area (Å²) in [7, 11) is 1.94. The van der Waals surface area contributed by atoms with E-state index in [0.717, 1.165) is 32.4 Å². The second kappa shape index (κ2) is 5.31. The van der Waals surface area contributed by atoms with Crippen molar-refractivity contribution in [1.29, 1.82) is 0 Å². The molecule has 0 aliphatic carbocycles. The molecule has 1 atom stereocenters. The highest BCUT2D eigenvalue weighted by atomic mass is 16.4. The predicted octanol–water partition coefficient (Wildman–Crippen LogP) is 0.759. The summed E-state index contributed by atoms with van der Waals surface area (Å²) in [5.74, 6) is -0.842. The van der Waals surface area contributed by atoms with E-state index in [1.54, 1.807) is 6.20 Å². The highest BCUT2D eigenvalue weighted by molar-refractivity contribution is 5.70. The molecule has 1 aliphatic rings. The van der Waals surface area contributed by atoms with Crippen LogP contribution < -0.4 is 0 Å². The Balaban J connectivity index is 1.83. The number of hydrogen-bond acceptors (Lipinski definition) is 3. The van der Waals surface area contributed by atoms with Crippen molar-refractivity contribution in [2.45, 2.75) is 19.3 Å². The topological polar surface area (TPSA) is 58.4 Å². The molecule has 17 heavy (non-hydrogen) atoms. The van der Waals surface area contributed by atoms with Crippen molar-refractivity contribution >= 4 is 5.97 Å². The van der Waals surface area contributed by atoms with Gasteiger partial charge in [-0.25, -0.2) is 0 Å². The average Bonchev–Trinajstić information content (AvgIpc) is 2.72. The van der Waals surface area contributed by atoms with Gasteiger partial charge in [0.15, 0.2) is 0 Å². The third kappa shape index (κ3) is 3.06. The van der Waals surface area contributed by atoms with Gasteiger partial charge in [-0.3, -0.25) is 9.48 Å². The van der Waals surface area contributed by atoms with Gasteiger partial charge in [0.1, 0.15) is 0 Å². The van der Waals surface area contributed by atoms with E-state index in [4.69, 9.17) is 5.11 Å². The molecule has 2 rings (SSSR count). The van der Waals surface area contributed by atoms with Crippen LogP contribution in [0, 0.1) is 5.92 Å². The van der Waals surface area contributed by atoms with Crippen molar-refractivity contribution in [1.82, 2.24) is 14.7 Å². The molecule has 1 aromatic rings. The molecule has 1 fully saturated rings. The van der Waals surface area contributed by atoms with Crippen molar-refractivity contribution in [3.05, 3.63) is 18.0 Å². The summed E-state index contributed by atoms with van der Waals surface area (Å²) in [4.78, 5) is 13.2. The normalized spacial score (nSPS) is 21.6. The van der Waals surface area contributed by atoms with Gasteiger partial charge in [0.2, 0.25) is 0 Å². The number of aliphatic carboxylic acids is 1. The Kier molecular flexibility index (Phi) is 3.78. The summed E-state index contributed by atoms with van der Waals surface area (Å²) >= 11 is 0. The zero-order valence-electron chi connectivity index (χ0n) is 10.2. The zero-order chi connectivity index (χ0) is 12.3. The molecular weight excluding hydrogens is 218 g/mol. The summed E-state index contributed by atoms with van der Waals surface area (Å²) in [6, 6.07) is 2.01. The fourth-order valence-corrected chi connectivity index (χ4v) is 2.38. The third-order valence-electron chi connectivity index (χ3n) is 3.46. The lowest BCUT2D eigenvalue weighted by molar-refractivity contribution is -0.143. The number of likely N-dealkylation sites (tertiary alicyclic amines) is 1. The maximum Gasteiger partial charge on any atom is 0.307 e. The quantitative estimate of drug-likeness (QED) is 0.840. The summed E-state index contributed by atoms with van der Waals surface area (Å²) in [6.07, 6.45) is 4.54. The second-order valence-corrected chi connectivity index (χ2v) is 4.67. The SMILES string of the molecule is Cn1nccc1CCN1CCCC(C(=O)O)C1. The number of carbonyl (C=O) groups is 1. The number of aromatic nitrogens is 2. The second-order valence-electron chi connectivity index (χ2n) is 4.67. The summed E-state index contributed by atoms with van der Waals surface area (Å²) < 4.78 is 1.87. The van der Waals surface area contributed by atoms with Gasteiger partial charge in [0.05, 0.1) is 5.92 Å². The molecule has 1 saturated heterocycles. The van der Waals surface area contributed by atoms with E-state index in [2.05, 4.69) is 10.00 Å². The van der Waals surface area contributed by atoms with E-state index in [1.165, 1.54) is 5.69 Å². The van der Waals surface area contributed by atoms with Crippen LogP contribution in [0.25, 0.3) is 0 Å². The first-order valence-corrected chi connectivity index (χ1v) is 6.09. The largest absolute Gasteiger partial charge is 0.481 e. The fraction of sp³-hybridized carbons (Fsp3) is 0.667. The van der Waals surface area contributed by atoms with Gasteiger partial charge in [0.25, 0.3) is 0 Å². The van der Waals surface area contributed by atoms with Crippen LogP contribution in [-0.2, 0) is 18.3 Å². The van der Waals surface area contributed by atoms with Crippen LogP contribution in [0.1, 0.15) is 18.5 Å². The number of aryl methyl sites for hydroxylation is 1. The molecule has 0 aromatic carbocycles. The number of carboxylic acids is 1. The Labute approximate surface area is 101 Å². The summed E-state index contributed by atoms with van der Waals surface area (Å²) in [5.41, 5.74) is 1.20. The van der Waals surface area contributed by atoms with Crippen LogP contribution in [0.4, 0.5) is 0 Å². The molecule has 2 heterocycles. The molecule has 5 nitrogen and oxygen atoms in total. The maximum atomic E-state index is 10.9. The van der Waals surface area contributed by atoms with Gasteiger partial charge < -0.3 is 10.0 Å². The smallest absolute Gasteiger partial charge is 0.307 e. The molecule has 0 spiro atoms. The van der Waals surface area contributed by atoms with Gasteiger partial charge in [-0.1, -0.05) is 0 Å². The van der Waals surface area contributed by atoms with Crippen LogP contribution in [0.2, 0.25) is 0 Å². The molecule has 0 saturated carbocycles. The lowest BCUT2D eigenvalue weighted by Crippen LogP contribution is -2.39. The highest BCUT2D eigenvalue weighted by Crippen LogP contribution is 2.16. The first kappa shape index (κ1) is 12.1. The molecule has 1 unspecified atom stereocenters. The van der Waals surface area contributed by atoms with Gasteiger partial charge in [-0.15, -0.1) is 0 Å². The van der Waals surface area contributed by atoms with Crippen molar-refractivity contribution in [3.63, 3.8) is 0 Å². The van der Waals surface area contributed by atoms with E-state index < -0.39 is 5.97 Å². The number of rotatable bonds is 4. The molecule has 1 N–H and O–H groups in total. The Hall–Kier alpha value is -1.36. The summed E-state index contributed by atoms with van der Waals surface area (Å²) in [5, 5.41) is 13.1. The van der Waals surface area contributed by atoms with Crippen LogP contribution in [0.15, 0.2) is 12.3 Å². The zero-order valence-corrected chi connectivity index (χ0v) is 10.2. The lowest BCUT2D eigenvalue weighted by atomic mass is 9.98. The Morgan fingerprint density at radius 2 is 2.47 bits per heavy atom. The first-order valence-electron chi connectivity index (χ1n) is 6.09. The Bertz CT molecular complexity index is 389. The third-order valence-corrected chi connectivity index (χ3v) is 3.46. The average molecular weight is 237 g/mol. The maximum absolute atomic E-state index is 10.9. The van der Waals surface area contributed by atoms with E-state index in [9.17, 15) is 4.79 Å². The minimum absolute atomic E-state index is 0.185. The van der Waals surface area contributed by atoms with E-state index in [-0.39, 0.29) is 5.92 Å². The Morgan fingerprint density at radius 1 is 1.65 bits per heavy atom. The molecule has 1 aliphatic heterocycles. The first-order chi connectivity index (χ1) is 8.16. The minimum atomic E-state index is -0.657. The Morgan fingerprint density at radius 3 is 3.12 bits per heavy atom. The molecule has 1 aromatic heterocycles. The van der Waals surface area contributed by atoms with Crippen molar-refractivity contribution in [2.75, 3.05) is 19.6 Å². The standard InChI is InChI=1S/C12H19N3O2/c1-14-11(4-6-13-14)5-8-15-7-2-3-10(9-15)12(16)17/h4,6,10H,2-3,5,7-9H2,1H3,(H,16,17). The molecule has 0 bridgehead atoms. The van der Waals surface area contributed by atoms with Crippen LogP contribution in [-0.4, -0.2) is 45.4 Å². The van der Waals surface area contributed by atoms with Crippen LogP contribution in [0.5, 0.6) is 0 Å². The predicted molar refractivity (Wildman–Crippen MR) is 63.7 cm³/mol. The minimum Gasteiger partial charge on any atom is -0.481 e.